The van der Waals surface area contributed by atoms with Crippen molar-refractivity contribution in [3.63, 3.8) is 0 Å². The fourth-order valence-electron chi connectivity index (χ4n) is 1.86. The molecule has 0 spiro atoms. The number of benzene rings is 1. The van der Waals surface area contributed by atoms with Gasteiger partial charge in [-0.25, -0.2) is 0 Å². The first-order valence-corrected chi connectivity index (χ1v) is 6.95. The van der Waals surface area contributed by atoms with Crippen molar-refractivity contribution in [3.05, 3.63) is 35.4 Å². The maximum atomic E-state index is 12.1. The minimum absolute atomic E-state index is 0.0310. The third kappa shape index (κ3) is 5.03. The second-order valence-electron chi connectivity index (χ2n) is 5.82. The van der Waals surface area contributed by atoms with Crippen LogP contribution < -0.4 is 0 Å². The van der Waals surface area contributed by atoms with E-state index < -0.39 is 0 Å². The van der Waals surface area contributed by atoms with Crippen LogP contribution in [-0.4, -0.2) is 5.78 Å². The summed E-state index contributed by atoms with van der Waals surface area (Å²) in [4.78, 5) is 12.1. The van der Waals surface area contributed by atoms with Crippen LogP contribution in [0.25, 0.3) is 0 Å². The molecular formula is C17H28O. The van der Waals surface area contributed by atoms with Crippen molar-refractivity contribution in [2.24, 2.45) is 5.92 Å². The second-order valence-corrected chi connectivity index (χ2v) is 5.82. The lowest BCUT2D eigenvalue weighted by molar-refractivity contribution is 0.0965. The van der Waals surface area contributed by atoms with Crippen LogP contribution in [0.1, 0.15) is 70.8 Å². The largest absolute Gasteiger partial charge is 0.294 e. The Morgan fingerprint density at radius 3 is 2.06 bits per heavy atom. The highest BCUT2D eigenvalue weighted by Gasteiger charge is 2.21. The van der Waals surface area contributed by atoms with Gasteiger partial charge >= 0.3 is 0 Å². The standard InChI is InChI=1S/C15H22O.C2H6/c1-11(2)10-14(16)12-8-6-7-9-13(12)15(3,4)5;1-2/h6-9,11H,10H2,1-5H3;1-2H3. The summed E-state index contributed by atoms with van der Waals surface area (Å²) in [6.07, 6.45) is 0.632. The van der Waals surface area contributed by atoms with Crippen LogP contribution in [0.2, 0.25) is 0 Å². The van der Waals surface area contributed by atoms with E-state index in [1.54, 1.807) is 0 Å². The lowest BCUT2D eigenvalue weighted by Gasteiger charge is -2.22. The van der Waals surface area contributed by atoms with Crippen LogP contribution in [0.3, 0.4) is 0 Å². The van der Waals surface area contributed by atoms with Gasteiger partial charge < -0.3 is 0 Å². The summed E-state index contributed by atoms with van der Waals surface area (Å²) in [5.74, 6) is 0.682. The minimum Gasteiger partial charge on any atom is -0.294 e. The Morgan fingerprint density at radius 2 is 1.61 bits per heavy atom. The summed E-state index contributed by atoms with van der Waals surface area (Å²) in [6.45, 7) is 14.6. The molecule has 18 heavy (non-hydrogen) atoms. The van der Waals surface area contributed by atoms with E-state index in [-0.39, 0.29) is 11.2 Å². The van der Waals surface area contributed by atoms with E-state index in [1.807, 2.05) is 32.0 Å². The van der Waals surface area contributed by atoms with Crippen LogP contribution in [-0.2, 0) is 5.41 Å². The summed E-state index contributed by atoms with van der Waals surface area (Å²) in [6, 6.07) is 7.97. The fraction of sp³-hybridized carbons (Fsp3) is 0.588. The molecule has 1 nitrogen and oxygen atoms in total. The molecule has 0 aliphatic rings. The van der Waals surface area contributed by atoms with E-state index in [2.05, 4.69) is 40.7 Å². The number of carbonyl (C=O) groups is 1. The van der Waals surface area contributed by atoms with E-state index in [4.69, 9.17) is 0 Å². The van der Waals surface area contributed by atoms with E-state index in [1.165, 1.54) is 0 Å². The molecule has 0 atom stereocenters. The molecule has 0 N–H and O–H groups in total. The molecule has 0 unspecified atom stereocenters. The Balaban J connectivity index is 0.00000137. The average Bonchev–Trinajstić information content (AvgIpc) is 2.29. The summed E-state index contributed by atoms with van der Waals surface area (Å²) in [5, 5.41) is 0. The lowest BCUT2D eigenvalue weighted by Crippen LogP contribution is -2.17. The van der Waals surface area contributed by atoms with Crippen molar-refractivity contribution in [1.82, 2.24) is 0 Å². The highest BCUT2D eigenvalue weighted by atomic mass is 16.1. The number of rotatable bonds is 3. The predicted octanol–water partition coefficient (Wildman–Crippen LogP) is 5.24. The van der Waals surface area contributed by atoms with Crippen LogP contribution >= 0.6 is 0 Å². The maximum Gasteiger partial charge on any atom is 0.163 e. The molecule has 0 amide bonds. The van der Waals surface area contributed by atoms with Gasteiger partial charge in [-0.1, -0.05) is 72.7 Å². The fourth-order valence-corrected chi connectivity index (χ4v) is 1.86. The van der Waals surface area contributed by atoms with Crippen molar-refractivity contribution in [2.45, 2.75) is 60.3 Å². The lowest BCUT2D eigenvalue weighted by atomic mass is 9.82. The number of carbonyl (C=O) groups excluding carboxylic acids is 1. The monoisotopic (exact) mass is 248 g/mol. The van der Waals surface area contributed by atoms with Gasteiger partial charge in [-0.3, -0.25) is 4.79 Å². The van der Waals surface area contributed by atoms with Gasteiger partial charge in [-0.2, -0.15) is 0 Å². The van der Waals surface area contributed by atoms with Crippen molar-refractivity contribution in [1.29, 1.82) is 0 Å². The summed E-state index contributed by atoms with van der Waals surface area (Å²) in [7, 11) is 0. The molecule has 1 aromatic rings. The van der Waals surface area contributed by atoms with Gasteiger partial charge in [-0.05, 0) is 16.9 Å². The molecule has 0 fully saturated rings. The third-order valence-electron chi connectivity index (χ3n) is 2.63. The molecule has 1 rings (SSSR count). The molecule has 0 aliphatic carbocycles. The Bertz CT molecular complexity index is 369. The first-order chi connectivity index (χ1) is 8.32. The van der Waals surface area contributed by atoms with Crippen LogP contribution in [0.15, 0.2) is 24.3 Å². The molecule has 1 heteroatoms. The Morgan fingerprint density at radius 1 is 1.11 bits per heavy atom. The third-order valence-corrected chi connectivity index (χ3v) is 2.63. The number of Topliss-reactive ketones (excluding diaryl/α,β-unsaturated/α-hetero) is 1. The molecule has 0 saturated heterocycles. The van der Waals surface area contributed by atoms with E-state index >= 15 is 0 Å². The van der Waals surface area contributed by atoms with E-state index in [9.17, 15) is 4.79 Å². The normalized spacial score (nSPS) is 10.9. The van der Waals surface area contributed by atoms with Gasteiger partial charge in [0, 0.05) is 12.0 Å². The minimum atomic E-state index is 0.0310. The average molecular weight is 248 g/mol. The summed E-state index contributed by atoms with van der Waals surface area (Å²) < 4.78 is 0. The Labute approximate surface area is 113 Å². The topological polar surface area (TPSA) is 17.1 Å². The molecule has 102 valence electrons. The van der Waals surface area contributed by atoms with Crippen LogP contribution in [0.4, 0.5) is 0 Å². The molecular weight excluding hydrogens is 220 g/mol. The first kappa shape index (κ1) is 16.9. The molecule has 0 radical (unpaired) electrons. The van der Waals surface area contributed by atoms with Gasteiger partial charge in [0.05, 0.1) is 0 Å². The molecule has 0 saturated carbocycles. The number of ketones is 1. The van der Waals surface area contributed by atoms with Crippen LogP contribution in [0.5, 0.6) is 0 Å². The summed E-state index contributed by atoms with van der Waals surface area (Å²) in [5.41, 5.74) is 2.08. The zero-order valence-electron chi connectivity index (χ0n) is 13.0. The van der Waals surface area contributed by atoms with Crippen molar-refractivity contribution in [2.75, 3.05) is 0 Å². The highest BCUT2D eigenvalue weighted by molar-refractivity contribution is 5.97. The summed E-state index contributed by atoms with van der Waals surface area (Å²) >= 11 is 0. The predicted molar refractivity (Wildman–Crippen MR) is 80.3 cm³/mol. The van der Waals surface area contributed by atoms with Crippen molar-refractivity contribution >= 4 is 5.78 Å². The van der Waals surface area contributed by atoms with Gasteiger partial charge in [0.2, 0.25) is 0 Å². The van der Waals surface area contributed by atoms with E-state index in [0.29, 0.717) is 12.3 Å². The Kier molecular flexibility index (Phi) is 6.90. The van der Waals surface area contributed by atoms with Crippen LogP contribution in [0, 0.1) is 5.92 Å². The highest BCUT2D eigenvalue weighted by Crippen LogP contribution is 2.27. The zero-order valence-corrected chi connectivity index (χ0v) is 13.0. The van der Waals surface area contributed by atoms with Gasteiger partial charge in [-0.15, -0.1) is 0 Å². The SMILES string of the molecule is CC.CC(C)CC(=O)c1ccccc1C(C)(C)C. The Hall–Kier alpha value is -1.11. The van der Waals surface area contributed by atoms with Gasteiger partial charge in [0.25, 0.3) is 0 Å². The first-order valence-electron chi connectivity index (χ1n) is 6.95. The molecule has 0 bridgehead atoms. The van der Waals surface area contributed by atoms with Gasteiger partial charge in [0.1, 0.15) is 0 Å². The second kappa shape index (κ2) is 7.35. The quantitative estimate of drug-likeness (QED) is 0.669. The van der Waals surface area contributed by atoms with Crippen molar-refractivity contribution < 1.29 is 4.79 Å². The molecule has 1 aromatic carbocycles. The van der Waals surface area contributed by atoms with Crippen molar-refractivity contribution in [3.8, 4) is 0 Å². The molecule has 0 aromatic heterocycles. The van der Waals surface area contributed by atoms with E-state index in [0.717, 1.165) is 11.1 Å². The molecule has 0 heterocycles. The number of hydrogen-bond acceptors (Lipinski definition) is 1. The maximum absolute atomic E-state index is 12.1. The molecule has 0 aliphatic heterocycles. The zero-order chi connectivity index (χ0) is 14.3. The number of hydrogen-bond donors (Lipinski definition) is 0. The smallest absolute Gasteiger partial charge is 0.163 e. The van der Waals surface area contributed by atoms with Gasteiger partial charge in [0.15, 0.2) is 5.78 Å².